The van der Waals surface area contributed by atoms with Crippen molar-refractivity contribution in [2.75, 3.05) is 0 Å². The Balaban J connectivity index is 2.59. The van der Waals surface area contributed by atoms with Crippen LogP contribution in [0.4, 0.5) is 0 Å². The second-order valence-electron chi connectivity index (χ2n) is 4.20. The number of carbonyl (C=O) groups excluding carboxylic acids is 2. The highest BCUT2D eigenvalue weighted by Gasteiger charge is 2.16. The Morgan fingerprint density at radius 1 is 1.11 bits per heavy atom. The third kappa shape index (κ3) is 4.37. The van der Waals surface area contributed by atoms with Gasteiger partial charge in [0.25, 0.3) is 0 Å². The van der Waals surface area contributed by atoms with E-state index in [0.717, 1.165) is 5.56 Å². The fraction of sp³-hybridized carbons (Fsp3) is 0.385. The molecule has 1 aromatic carbocycles. The van der Waals surface area contributed by atoms with Gasteiger partial charge in [0, 0.05) is 11.9 Å². The minimum Gasteiger partial charge on any atom is -0.348 e. The van der Waals surface area contributed by atoms with E-state index in [2.05, 4.69) is 10.6 Å². The van der Waals surface area contributed by atoms with Gasteiger partial charge < -0.3 is 10.6 Å². The lowest BCUT2D eigenvalue weighted by molar-refractivity contribution is -0.128. The van der Waals surface area contributed by atoms with Gasteiger partial charge in [-0.15, -0.1) is 0 Å². The van der Waals surface area contributed by atoms with Gasteiger partial charge in [0.2, 0.25) is 11.8 Å². The third-order valence-corrected chi connectivity index (χ3v) is 2.79. The van der Waals surface area contributed by atoms with Crippen molar-refractivity contribution >= 4 is 23.4 Å². The maximum absolute atomic E-state index is 11.8. The normalized spacial score (nSPS) is 13.6. The van der Waals surface area contributed by atoms with Crippen molar-refractivity contribution in [1.82, 2.24) is 10.6 Å². The van der Waals surface area contributed by atoms with Gasteiger partial charge in [-0.25, -0.2) is 0 Å². The zero-order valence-electron chi connectivity index (χ0n) is 10.7. The van der Waals surface area contributed by atoms with E-state index in [1.807, 2.05) is 19.1 Å². The van der Waals surface area contributed by atoms with Crippen LogP contribution in [0.5, 0.6) is 0 Å². The quantitative estimate of drug-likeness (QED) is 0.878. The van der Waals surface area contributed by atoms with Crippen molar-refractivity contribution in [3.8, 4) is 0 Å². The summed E-state index contributed by atoms with van der Waals surface area (Å²) in [6.07, 6.45) is 0. The zero-order chi connectivity index (χ0) is 13.7. The number of carbonyl (C=O) groups is 2. The molecule has 1 aromatic rings. The molecule has 0 aliphatic rings. The molecule has 0 aliphatic carbocycles. The average molecular weight is 269 g/mol. The number of hydrogen-bond acceptors (Lipinski definition) is 2. The number of nitrogens with one attached hydrogen (secondary N) is 2. The zero-order valence-corrected chi connectivity index (χ0v) is 11.4. The monoisotopic (exact) mass is 268 g/mol. The molecule has 0 heterocycles. The fourth-order valence-electron chi connectivity index (χ4n) is 1.54. The van der Waals surface area contributed by atoms with Crippen LogP contribution in [0.2, 0.25) is 5.02 Å². The minimum absolute atomic E-state index is 0.133. The van der Waals surface area contributed by atoms with Crippen molar-refractivity contribution in [1.29, 1.82) is 0 Å². The smallest absolute Gasteiger partial charge is 0.242 e. The lowest BCUT2D eigenvalue weighted by Gasteiger charge is -2.18. The molecule has 0 aliphatic heterocycles. The molecule has 0 fully saturated rings. The molecule has 0 spiro atoms. The van der Waals surface area contributed by atoms with Crippen LogP contribution in [0.25, 0.3) is 0 Å². The Labute approximate surface area is 112 Å². The summed E-state index contributed by atoms with van der Waals surface area (Å²) < 4.78 is 0. The first kappa shape index (κ1) is 14.5. The van der Waals surface area contributed by atoms with Crippen molar-refractivity contribution in [2.24, 2.45) is 0 Å². The van der Waals surface area contributed by atoms with E-state index in [1.165, 1.54) is 6.92 Å². The van der Waals surface area contributed by atoms with Crippen LogP contribution in [-0.2, 0) is 9.59 Å². The van der Waals surface area contributed by atoms with Crippen LogP contribution in [0.1, 0.15) is 32.4 Å². The molecule has 2 amide bonds. The van der Waals surface area contributed by atoms with E-state index in [9.17, 15) is 9.59 Å². The first-order valence-electron chi connectivity index (χ1n) is 5.73. The third-order valence-electron chi connectivity index (χ3n) is 2.54. The summed E-state index contributed by atoms with van der Waals surface area (Å²) in [4.78, 5) is 22.6. The Hall–Kier alpha value is -1.55. The van der Waals surface area contributed by atoms with Crippen LogP contribution in [0, 0.1) is 0 Å². The average Bonchev–Trinajstić information content (AvgIpc) is 2.28. The Bertz CT molecular complexity index is 431. The van der Waals surface area contributed by atoms with Gasteiger partial charge in [0.05, 0.1) is 6.04 Å². The highest BCUT2D eigenvalue weighted by Crippen LogP contribution is 2.15. The fourth-order valence-corrected chi connectivity index (χ4v) is 1.67. The lowest BCUT2D eigenvalue weighted by Crippen LogP contribution is -2.44. The SMILES string of the molecule is CC(=O)NC(C)C(=O)NC(C)c1ccc(Cl)cc1. The van der Waals surface area contributed by atoms with Crippen molar-refractivity contribution < 1.29 is 9.59 Å². The topological polar surface area (TPSA) is 58.2 Å². The molecule has 0 saturated carbocycles. The molecule has 1 rings (SSSR count). The van der Waals surface area contributed by atoms with Crippen LogP contribution in [0.3, 0.4) is 0 Å². The maximum atomic E-state index is 11.8. The van der Waals surface area contributed by atoms with Crippen molar-refractivity contribution in [3.63, 3.8) is 0 Å². The summed E-state index contributed by atoms with van der Waals surface area (Å²) in [5.74, 6) is -0.440. The summed E-state index contributed by atoms with van der Waals surface area (Å²) in [6, 6.07) is 6.59. The number of amides is 2. The van der Waals surface area contributed by atoms with Crippen molar-refractivity contribution in [3.05, 3.63) is 34.9 Å². The standard InChI is InChI=1S/C13H17ClN2O2/c1-8(11-4-6-12(14)7-5-11)16-13(18)9(2)15-10(3)17/h4-9H,1-3H3,(H,15,17)(H,16,18). The Morgan fingerprint density at radius 3 is 2.17 bits per heavy atom. The van der Waals surface area contributed by atoms with E-state index in [-0.39, 0.29) is 17.9 Å². The highest BCUT2D eigenvalue weighted by molar-refractivity contribution is 6.30. The van der Waals surface area contributed by atoms with Crippen molar-refractivity contribution in [2.45, 2.75) is 32.9 Å². The van der Waals surface area contributed by atoms with Crippen LogP contribution < -0.4 is 10.6 Å². The van der Waals surface area contributed by atoms with Gasteiger partial charge in [0.1, 0.15) is 6.04 Å². The predicted molar refractivity (Wildman–Crippen MR) is 71.3 cm³/mol. The van der Waals surface area contributed by atoms with Crippen LogP contribution >= 0.6 is 11.6 Å². The molecule has 2 atom stereocenters. The maximum Gasteiger partial charge on any atom is 0.242 e. The molecular weight excluding hydrogens is 252 g/mol. The Kier molecular flexibility index (Phi) is 5.16. The van der Waals surface area contributed by atoms with E-state index in [0.29, 0.717) is 5.02 Å². The largest absolute Gasteiger partial charge is 0.348 e. The Morgan fingerprint density at radius 2 is 1.67 bits per heavy atom. The number of benzene rings is 1. The number of hydrogen-bond donors (Lipinski definition) is 2. The number of halogens is 1. The van der Waals surface area contributed by atoms with Gasteiger partial charge in [0.15, 0.2) is 0 Å². The molecular formula is C13H17ClN2O2. The van der Waals surface area contributed by atoms with Gasteiger partial charge in [-0.05, 0) is 31.5 Å². The number of rotatable bonds is 4. The summed E-state index contributed by atoms with van der Waals surface area (Å²) in [6.45, 7) is 4.90. The second kappa shape index (κ2) is 6.40. The lowest BCUT2D eigenvalue weighted by atomic mass is 10.1. The van der Waals surface area contributed by atoms with Gasteiger partial charge >= 0.3 is 0 Å². The second-order valence-corrected chi connectivity index (χ2v) is 4.64. The molecule has 18 heavy (non-hydrogen) atoms. The van der Waals surface area contributed by atoms with E-state index in [4.69, 9.17) is 11.6 Å². The summed E-state index contributed by atoms with van der Waals surface area (Å²) in [5.41, 5.74) is 0.961. The van der Waals surface area contributed by atoms with Gasteiger partial charge in [-0.3, -0.25) is 9.59 Å². The molecule has 0 bridgehead atoms. The van der Waals surface area contributed by atoms with Gasteiger partial charge in [-0.2, -0.15) is 0 Å². The molecule has 2 N–H and O–H groups in total. The van der Waals surface area contributed by atoms with E-state index >= 15 is 0 Å². The van der Waals surface area contributed by atoms with Crippen LogP contribution in [-0.4, -0.2) is 17.9 Å². The molecule has 4 nitrogen and oxygen atoms in total. The summed E-state index contributed by atoms with van der Waals surface area (Å²) >= 11 is 5.79. The first-order chi connectivity index (χ1) is 8.40. The molecule has 98 valence electrons. The highest BCUT2D eigenvalue weighted by atomic mass is 35.5. The molecule has 2 unspecified atom stereocenters. The molecule has 0 radical (unpaired) electrons. The molecule has 0 aromatic heterocycles. The molecule has 5 heteroatoms. The summed E-state index contributed by atoms with van der Waals surface area (Å²) in [5, 5.41) is 6.02. The van der Waals surface area contributed by atoms with E-state index < -0.39 is 6.04 Å². The predicted octanol–water partition coefficient (Wildman–Crippen LogP) is 2.04. The van der Waals surface area contributed by atoms with Gasteiger partial charge in [-0.1, -0.05) is 23.7 Å². The minimum atomic E-state index is -0.544. The first-order valence-corrected chi connectivity index (χ1v) is 6.11. The van der Waals surface area contributed by atoms with Crippen LogP contribution in [0.15, 0.2) is 24.3 Å². The van der Waals surface area contributed by atoms with E-state index in [1.54, 1.807) is 19.1 Å². The molecule has 0 saturated heterocycles. The summed E-state index contributed by atoms with van der Waals surface area (Å²) in [7, 11) is 0.